The highest BCUT2D eigenvalue weighted by Gasteiger charge is 1.96. The van der Waals surface area contributed by atoms with E-state index in [1.165, 1.54) is 0 Å². The van der Waals surface area contributed by atoms with Crippen molar-refractivity contribution in [3.05, 3.63) is 70.8 Å². The third-order valence-electron chi connectivity index (χ3n) is 6.57. The van der Waals surface area contributed by atoms with Crippen LogP contribution in [0.2, 0.25) is 0 Å². The molecule has 10 heteroatoms. The first-order chi connectivity index (χ1) is 22.9. The molecule has 0 atom stereocenters. The first-order valence-electron chi connectivity index (χ1n) is 16.6. The van der Waals surface area contributed by atoms with Crippen molar-refractivity contribution in [2.24, 2.45) is 20.0 Å². The lowest BCUT2D eigenvalue weighted by Crippen LogP contribution is -2.10. The van der Waals surface area contributed by atoms with Crippen LogP contribution < -0.4 is 0 Å². The van der Waals surface area contributed by atoms with Crippen LogP contribution in [0.5, 0.6) is 0 Å². The Bertz CT molecular complexity index is 989. The molecule has 0 amide bonds. The van der Waals surface area contributed by atoms with Gasteiger partial charge in [-0.15, -0.1) is 0 Å². The van der Waals surface area contributed by atoms with Crippen molar-refractivity contribution in [1.29, 1.82) is 0 Å². The molecule has 0 radical (unpaired) electrons. The average molecular weight is 637 g/mol. The number of rotatable bonds is 0. The van der Waals surface area contributed by atoms with Crippen molar-refractivity contribution in [1.82, 2.24) is 0 Å². The van der Waals surface area contributed by atoms with E-state index in [1.807, 2.05) is 61.3 Å². The zero-order valence-electron chi connectivity index (χ0n) is 27.3. The summed E-state index contributed by atoms with van der Waals surface area (Å²) in [7, 11) is 0. The van der Waals surface area contributed by atoms with Crippen molar-refractivity contribution in [2.45, 2.75) is 25.7 Å². The van der Waals surface area contributed by atoms with E-state index in [4.69, 9.17) is 28.4 Å². The van der Waals surface area contributed by atoms with Gasteiger partial charge in [0, 0.05) is 77.5 Å². The molecule has 46 heavy (non-hydrogen) atoms. The summed E-state index contributed by atoms with van der Waals surface area (Å²) in [6.45, 7) is 10.1. The maximum absolute atomic E-state index is 5.65. The Kier molecular flexibility index (Phi) is 21.9. The average Bonchev–Trinajstić information content (AvgIpc) is 3.07. The third-order valence-corrected chi connectivity index (χ3v) is 6.57. The van der Waals surface area contributed by atoms with E-state index in [0.717, 1.165) is 74.1 Å². The van der Waals surface area contributed by atoms with Gasteiger partial charge in [0.15, 0.2) is 0 Å². The summed E-state index contributed by atoms with van der Waals surface area (Å²) in [5.74, 6) is 0. The fourth-order valence-electron chi connectivity index (χ4n) is 4.23. The van der Waals surface area contributed by atoms with E-state index in [2.05, 4.69) is 32.1 Å². The van der Waals surface area contributed by atoms with Crippen LogP contribution >= 0.6 is 0 Å². The molecule has 1 aliphatic heterocycles. The first-order valence-corrected chi connectivity index (χ1v) is 16.6. The molecule has 2 aromatic rings. The molecule has 1 heterocycles. The Hall–Kier alpha value is -3.12. The van der Waals surface area contributed by atoms with Crippen molar-refractivity contribution in [2.75, 3.05) is 105 Å². The van der Waals surface area contributed by atoms with Crippen molar-refractivity contribution < 1.29 is 28.4 Å². The quantitative estimate of drug-likeness (QED) is 0.414. The van der Waals surface area contributed by atoms with Crippen LogP contribution in [-0.4, -0.2) is 130 Å². The van der Waals surface area contributed by atoms with Gasteiger partial charge >= 0.3 is 0 Å². The lowest BCUT2D eigenvalue weighted by molar-refractivity contribution is 0.0143. The summed E-state index contributed by atoms with van der Waals surface area (Å²) in [6, 6.07) is 16.4. The lowest BCUT2D eigenvalue weighted by Gasteiger charge is -2.06. The highest BCUT2D eigenvalue weighted by molar-refractivity contribution is 5.86. The number of hydrogen-bond donors (Lipinski definition) is 0. The second-order valence-corrected chi connectivity index (χ2v) is 10.6. The number of benzene rings is 2. The molecule has 4 bridgehead atoms. The smallest absolute Gasteiger partial charge is 0.0701 e. The standard InChI is InChI=1S/C36H52N4O6/c1-7-33-27-34(8-1)30-38-12-4-16-42-20-24-46-26-22-44-18-6-14-40-32-36-10-2-9-35(28-36)31-39-13-5-17-43-21-25-45-23-19-41-15-3-11-37-29-33/h1-2,7-10,27-32H,3-6,11-26H2. The monoisotopic (exact) mass is 636 g/mol. The molecule has 10 nitrogen and oxygen atoms in total. The first kappa shape index (κ1) is 37.3. The second kappa shape index (κ2) is 27.0. The van der Waals surface area contributed by atoms with Gasteiger partial charge in [0.25, 0.3) is 0 Å². The minimum atomic E-state index is 0.561. The zero-order valence-corrected chi connectivity index (χ0v) is 27.3. The van der Waals surface area contributed by atoms with Crippen LogP contribution in [0.4, 0.5) is 0 Å². The number of aliphatic imine (C=N–C) groups is 4. The van der Waals surface area contributed by atoms with Crippen LogP contribution in [0, 0.1) is 0 Å². The van der Waals surface area contributed by atoms with Crippen LogP contribution in [0.25, 0.3) is 0 Å². The molecule has 0 saturated carbocycles. The molecule has 2 aromatic carbocycles. The Morgan fingerprint density at radius 3 is 0.826 bits per heavy atom. The summed E-state index contributed by atoms with van der Waals surface area (Å²) in [6.07, 6.45) is 11.1. The largest absolute Gasteiger partial charge is 0.379 e. The predicted octanol–water partition coefficient (Wildman–Crippen LogP) is 4.74. The number of hydrogen-bond acceptors (Lipinski definition) is 10. The van der Waals surface area contributed by atoms with Gasteiger partial charge in [-0.25, -0.2) is 0 Å². The molecule has 0 N–H and O–H groups in total. The second-order valence-electron chi connectivity index (χ2n) is 10.6. The van der Waals surface area contributed by atoms with E-state index in [9.17, 15) is 0 Å². The van der Waals surface area contributed by atoms with E-state index >= 15 is 0 Å². The molecule has 3 rings (SSSR count). The lowest BCUT2D eigenvalue weighted by atomic mass is 10.1. The normalized spacial score (nSPS) is 19.3. The molecule has 0 aliphatic carbocycles. The summed E-state index contributed by atoms with van der Waals surface area (Å²) in [5.41, 5.74) is 4.25. The van der Waals surface area contributed by atoms with Gasteiger partial charge in [0.2, 0.25) is 0 Å². The molecule has 0 aromatic heterocycles. The maximum atomic E-state index is 5.65. The Morgan fingerprint density at radius 2 is 0.565 bits per heavy atom. The SMILES string of the molecule is C1=NCCCOCCOCCOCCCN=Cc2cccc(c2)C=NCCCOCCOCCOCCCN=Cc2cccc1c2. The number of nitrogens with zero attached hydrogens (tertiary/aromatic N) is 4. The molecule has 0 saturated heterocycles. The van der Waals surface area contributed by atoms with E-state index in [-0.39, 0.29) is 0 Å². The zero-order chi connectivity index (χ0) is 32.0. The Labute approximate surface area is 275 Å². The van der Waals surface area contributed by atoms with Crippen LogP contribution in [0.15, 0.2) is 68.5 Å². The summed E-state index contributed by atoms with van der Waals surface area (Å²) in [5, 5.41) is 0. The van der Waals surface area contributed by atoms with Gasteiger partial charge in [0.1, 0.15) is 0 Å². The van der Waals surface area contributed by atoms with Crippen LogP contribution in [-0.2, 0) is 28.4 Å². The van der Waals surface area contributed by atoms with Gasteiger partial charge in [-0.1, -0.05) is 36.4 Å². The fraction of sp³-hybridized carbons (Fsp3) is 0.556. The van der Waals surface area contributed by atoms with Gasteiger partial charge < -0.3 is 28.4 Å². The van der Waals surface area contributed by atoms with E-state index in [0.29, 0.717) is 79.3 Å². The molecular weight excluding hydrogens is 584 g/mol. The molecule has 0 unspecified atom stereocenters. The van der Waals surface area contributed by atoms with Gasteiger partial charge in [-0.05, 0) is 60.1 Å². The minimum absolute atomic E-state index is 0.561. The molecule has 1 aliphatic rings. The van der Waals surface area contributed by atoms with Crippen molar-refractivity contribution >= 4 is 24.9 Å². The Morgan fingerprint density at radius 1 is 0.326 bits per heavy atom. The minimum Gasteiger partial charge on any atom is -0.379 e. The molecule has 252 valence electrons. The van der Waals surface area contributed by atoms with Crippen LogP contribution in [0.1, 0.15) is 47.9 Å². The molecular formula is C36H52N4O6. The number of ether oxygens (including phenoxy) is 6. The topological polar surface area (TPSA) is 105 Å². The fourth-order valence-corrected chi connectivity index (χ4v) is 4.23. The highest BCUT2D eigenvalue weighted by Crippen LogP contribution is 2.03. The van der Waals surface area contributed by atoms with Gasteiger partial charge in [-0.2, -0.15) is 0 Å². The van der Waals surface area contributed by atoms with Gasteiger partial charge in [-0.3, -0.25) is 20.0 Å². The Balaban J connectivity index is 1.34. The summed E-state index contributed by atoms with van der Waals surface area (Å²) in [4.78, 5) is 18.1. The maximum Gasteiger partial charge on any atom is 0.0701 e. The number of fused-ring (bicyclic) bond motifs is 4. The van der Waals surface area contributed by atoms with Gasteiger partial charge in [0.05, 0.1) is 52.9 Å². The van der Waals surface area contributed by atoms with Crippen molar-refractivity contribution in [3.8, 4) is 0 Å². The molecule has 0 fully saturated rings. The highest BCUT2D eigenvalue weighted by atomic mass is 16.5. The summed E-state index contributed by atoms with van der Waals surface area (Å²) >= 11 is 0. The van der Waals surface area contributed by atoms with E-state index < -0.39 is 0 Å². The van der Waals surface area contributed by atoms with Crippen LogP contribution in [0.3, 0.4) is 0 Å². The third kappa shape index (κ3) is 20.1. The van der Waals surface area contributed by atoms with Crippen molar-refractivity contribution in [3.63, 3.8) is 0 Å². The molecule has 0 spiro atoms. The summed E-state index contributed by atoms with van der Waals surface area (Å²) < 4.78 is 33.8. The predicted molar refractivity (Wildman–Crippen MR) is 186 cm³/mol. The van der Waals surface area contributed by atoms with E-state index in [1.54, 1.807) is 0 Å².